The van der Waals surface area contributed by atoms with E-state index in [9.17, 15) is 9.50 Å². The van der Waals surface area contributed by atoms with Gasteiger partial charge in [0.2, 0.25) is 11.7 Å². The summed E-state index contributed by atoms with van der Waals surface area (Å²) < 4.78 is 18.8. The summed E-state index contributed by atoms with van der Waals surface area (Å²) in [5, 5.41) is 13.8. The molecule has 0 spiro atoms. The molecule has 106 valence electrons. The van der Waals surface area contributed by atoms with Crippen LogP contribution < -0.4 is 0 Å². The van der Waals surface area contributed by atoms with Gasteiger partial charge < -0.3 is 9.63 Å². The minimum atomic E-state index is -0.363. The Balaban J connectivity index is 1.75. The van der Waals surface area contributed by atoms with Gasteiger partial charge in [-0.3, -0.25) is 0 Å². The second kappa shape index (κ2) is 5.71. The van der Waals surface area contributed by atoms with Crippen molar-refractivity contribution >= 4 is 0 Å². The summed E-state index contributed by atoms with van der Waals surface area (Å²) in [5.74, 6) is 0.535. The number of halogens is 1. The van der Waals surface area contributed by atoms with E-state index in [1.54, 1.807) is 18.2 Å². The van der Waals surface area contributed by atoms with Crippen LogP contribution in [0.1, 0.15) is 31.6 Å². The Morgan fingerprint density at radius 3 is 2.85 bits per heavy atom. The topological polar surface area (TPSA) is 59.2 Å². The van der Waals surface area contributed by atoms with Crippen LogP contribution in [0.25, 0.3) is 11.4 Å². The van der Waals surface area contributed by atoms with E-state index in [2.05, 4.69) is 10.1 Å². The van der Waals surface area contributed by atoms with Crippen LogP contribution in [0.3, 0.4) is 0 Å². The summed E-state index contributed by atoms with van der Waals surface area (Å²) in [4.78, 5) is 4.24. The van der Waals surface area contributed by atoms with E-state index in [4.69, 9.17) is 4.52 Å². The number of hydrogen-bond acceptors (Lipinski definition) is 4. The molecular weight excluding hydrogens is 259 g/mol. The summed E-state index contributed by atoms with van der Waals surface area (Å²) in [6, 6.07) is 6.35. The lowest BCUT2D eigenvalue weighted by Crippen LogP contribution is -2.26. The molecule has 0 amide bonds. The zero-order chi connectivity index (χ0) is 13.9. The molecule has 5 heteroatoms. The van der Waals surface area contributed by atoms with Crippen molar-refractivity contribution in [2.24, 2.45) is 5.92 Å². The Labute approximate surface area is 116 Å². The molecule has 0 bridgehead atoms. The van der Waals surface area contributed by atoms with Crippen LogP contribution in [-0.4, -0.2) is 21.4 Å². The molecule has 20 heavy (non-hydrogen) atoms. The minimum Gasteiger partial charge on any atom is -0.393 e. The third-order valence-electron chi connectivity index (χ3n) is 3.89. The highest BCUT2D eigenvalue weighted by Crippen LogP contribution is 2.28. The molecule has 0 radical (unpaired) electrons. The molecule has 1 fully saturated rings. The zero-order valence-corrected chi connectivity index (χ0v) is 11.1. The van der Waals surface area contributed by atoms with Gasteiger partial charge in [-0.25, -0.2) is 4.39 Å². The zero-order valence-electron chi connectivity index (χ0n) is 11.1. The summed E-state index contributed by atoms with van der Waals surface area (Å²) in [6.07, 6.45) is 4.26. The maximum atomic E-state index is 13.6. The first-order chi connectivity index (χ1) is 9.74. The van der Waals surface area contributed by atoms with E-state index in [0.29, 0.717) is 17.9 Å². The van der Waals surface area contributed by atoms with Gasteiger partial charge >= 0.3 is 0 Å². The molecule has 1 aromatic heterocycles. The first-order valence-corrected chi connectivity index (χ1v) is 6.99. The van der Waals surface area contributed by atoms with Gasteiger partial charge in [0, 0.05) is 6.42 Å². The molecule has 1 saturated carbocycles. The fourth-order valence-corrected chi connectivity index (χ4v) is 2.74. The maximum absolute atomic E-state index is 13.6. The van der Waals surface area contributed by atoms with Gasteiger partial charge in [0.05, 0.1) is 11.7 Å². The van der Waals surface area contributed by atoms with Crippen LogP contribution in [0, 0.1) is 11.7 Å². The molecule has 1 aromatic carbocycles. The van der Waals surface area contributed by atoms with Crippen LogP contribution in [0.4, 0.5) is 4.39 Å². The van der Waals surface area contributed by atoms with Crippen molar-refractivity contribution in [1.29, 1.82) is 0 Å². The van der Waals surface area contributed by atoms with Crippen LogP contribution in [0.5, 0.6) is 0 Å². The van der Waals surface area contributed by atoms with Crippen molar-refractivity contribution in [2.45, 2.75) is 38.2 Å². The fourth-order valence-electron chi connectivity index (χ4n) is 2.74. The summed E-state index contributed by atoms with van der Waals surface area (Å²) in [7, 11) is 0. The number of aromatic nitrogens is 2. The third-order valence-corrected chi connectivity index (χ3v) is 3.89. The largest absolute Gasteiger partial charge is 0.393 e. The van der Waals surface area contributed by atoms with Crippen molar-refractivity contribution in [3.63, 3.8) is 0 Å². The summed E-state index contributed by atoms with van der Waals surface area (Å²) in [5.41, 5.74) is 0.340. The normalized spacial score (nSPS) is 22.9. The number of nitrogens with zero attached hydrogens (tertiary/aromatic N) is 2. The van der Waals surface area contributed by atoms with Crippen molar-refractivity contribution < 1.29 is 14.0 Å². The highest BCUT2D eigenvalue weighted by atomic mass is 19.1. The van der Waals surface area contributed by atoms with E-state index >= 15 is 0 Å². The van der Waals surface area contributed by atoms with Crippen LogP contribution >= 0.6 is 0 Å². The van der Waals surface area contributed by atoms with E-state index < -0.39 is 0 Å². The van der Waals surface area contributed by atoms with Crippen LogP contribution in [0.2, 0.25) is 0 Å². The van der Waals surface area contributed by atoms with E-state index in [0.717, 1.165) is 25.7 Å². The minimum absolute atomic E-state index is 0.165. The fraction of sp³-hybridized carbons (Fsp3) is 0.467. The standard InChI is InChI=1S/C15H17FN2O2/c16-12-7-3-2-6-11(12)15-17-14(20-18-15)9-10-5-1-4-8-13(10)19/h2-3,6-7,10,13,19H,1,4-5,8-9H2. The third kappa shape index (κ3) is 2.72. The number of rotatable bonds is 3. The highest BCUT2D eigenvalue weighted by Gasteiger charge is 2.25. The Hall–Kier alpha value is -1.75. The second-order valence-corrected chi connectivity index (χ2v) is 5.31. The Morgan fingerprint density at radius 1 is 1.25 bits per heavy atom. The highest BCUT2D eigenvalue weighted by molar-refractivity contribution is 5.54. The average molecular weight is 276 g/mol. The Kier molecular flexibility index (Phi) is 3.78. The molecule has 2 atom stereocenters. The molecule has 1 aliphatic carbocycles. The van der Waals surface area contributed by atoms with E-state index in [1.807, 2.05) is 0 Å². The molecule has 4 nitrogen and oxygen atoms in total. The molecule has 2 unspecified atom stereocenters. The molecule has 0 aliphatic heterocycles. The van der Waals surface area contributed by atoms with Gasteiger partial charge in [0.15, 0.2) is 0 Å². The van der Waals surface area contributed by atoms with Gasteiger partial charge in [-0.1, -0.05) is 30.1 Å². The van der Waals surface area contributed by atoms with Crippen LogP contribution in [0.15, 0.2) is 28.8 Å². The summed E-state index contributed by atoms with van der Waals surface area (Å²) in [6.45, 7) is 0. The van der Waals surface area contributed by atoms with Gasteiger partial charge in [-0.2, -0.15) is 4.98 Å². The van der Waals surface area contributed by atoms with Crippen molar-refractivity contribution in [3.05, 3.63) is 36.0 Å². The first-order valence-electron chi connectivity index (χ1n) is 6.99. The maximum Gasteiger partial charge on any atom is 0.227 e. The Morgan fingerprint density at radius 2 is 2.05 bits per heavy atom. The molecule has 1 heterocycles. The monoisotopic (exact) mass is 276 g/mol. The number of benzene rings is 1. The first kappa shape index (κ1) is 13.2. The molecular formula is C15H17FN2O2. The van der Waals surface area contributed by atoms with Gasteiger partial charge in [-0.15, -0.1) is 0 Å². The SMILES string of the molecule is OC1CCCCC1Cc1nc(-c2ccccc2F)no1. The Bertz CT molecular complexity index is 585. The molecule has 3 rings (SSSR count). The van der Waals surface area contributed by atoms with Gasteiger partial charge in [0.25, 0.3) is 0 Å². The second-order valence-electron chi connectivity index (χ2n) is 5.31. The lowest BCUT2D eigenvalue weighted by Gasteiger charge is -2.26. The number of aliphatic hydroxyl groups excluding tert-OH is 1. The summed E-state index contributed by atoms with van der Waals surface area (Å²) >= 11 is 0. The number of hydrogen-bond donors (Lipinski definition) is 1. The number of aliphatic hydroxyl groups is 1. The predicted octanol–water partition coefficient (Wildman–Crippen LogP) is 2.97. The quantitative estimate of drug-likeness (QED) is 0.936. The molecule has 2 aromatic rings. The predicted molar refractivity (Wildman–Crippen MR) is 71.4 cm³/mol. The van der Waals surface area contributed by atoms with Crippen LogP contribution in [-0.2, 0) is 6.42 Å². The van der Waals surface area contributed by atoms with E-state index in [-0.39, 0.29) is 23.7 Å². The van der Waals surface area contributed by atoms with Crippen molar-refractivity contribution in [2.75, 3.05) is 0 Å². The molecule has 1 aliphatic rings. The smallest absolute Gasteiger partial charge is 0.227 e. The average Bonchev–Trinajstić information content (AvgIpc) is 2.90. The van der Waals surface area contributed by atoms with E-state index in [1.165, 1.54) is 6.07 Å². The lowest BCUT2D eigenvalue weighted by atomic mass is 9.84. The molecule has 0 saturated heterocycles. The van der Waals surface area contributed by atoms with Gasteiger partial charge in [0.1, 0.15) is 5.82 Å². The lowest BCUT2D eigenvalue weighted by molar-refractivity contribution is 0.0657. The molecule has 1 N–H and O–H groups in total. The van der Waals surface area contributed by atoms with Crippen molar-refractivity contribution in [1.82, 2.24) is 10.1 Å². The van der Waals surface area contributed by atoms with Gasteiger partial charge in [-0.05, 0) is 30.9 Å². The van der Waals surface area contributed by atoms with Crippen molar-refractivity contribution in [3.8, 4) is 11.4 Å².